The summed E-state index contributed by atoms with van der Waals surface area (Å²) in [6, 6.07) is 1.63. The molecule has 190 valence electrons. The first-order chi connectivity index (χ1) is 17.3. The molecule has 0 saturated carbocycles. The molecule has 7 nitrogen and oxygen atoms in total. The van der Waals surface area contributed by atoms with Gasteiger partial charge in [-0.2, -0.15) is 18.3 Å². The maximum Gasteiger partial charge on any atom is 0.433 e. The molecule has 0 N–H and O–H groups in total. The molecule has 3 aromatic rings. The van der Waals surface area contributed by atoms with E-state index in [4.69, 9.17) is 0 Å². The highest BCUT2D eigenvalue weighted by Crippen LogP contribution is 2.36. The van der Waals surface area contributed by atoms with Crippen molar-refractivity contribution in [3.05, 3.63) is 54.8 Å². The van der Waals surface area contributed by atoms with E-state index in [-0.39, 0.29) is 5.69 Å². The maximum atomic E-state index is 13.5. The number of aromatic nitrogens is 4. The Morgan fingerprint density at radius 3 is 2.33 bits per heavy atom. The molecule has 2 aliphatic heterocycles. The van der Waals surface area contributed by atoms with Crippen LogP contribution in [0.4, 0.5) is 18.9 Å². The summed E-state index contributed by atoms with van der Waals surface area (Å²) < 4.78 is 42.2. The Morgan fingerprint density at radius 1 is 0.972 bits per heavy atom. The molecule has 2 aliphatic rings. The van der Waals surface area contributed by atoms with Gasteiger partial charge in [0, 0.05) is 56.4 Å². The van der Waals surface area contributed by atoms with Crippen molar-refractivity contribution in [2.24, 2.45) is 0 Å². The summed E-state index contributed by atoms with van der Waals surface area (Å²) in [5.41, 5.74) is 1.83. The molecule has 0 bridgehead atoms. The van der Waals surface area contributed by atoms with Crippen LogP contribution >= 0.6 is 0 Å². The number of anilines is 1. The first-order valence-electron chi connectivity index (χ1n) is 12.2. The molecular formula is C26H30F3N7. The number of likely N-dealkylation sites (N-methyl/N-ethyl adjacent to an activating group) is 1. The van der Waals surface area contributed by atoms with Crippen LogP contribution in [0.25, 0.3) is 28.9 Å². The Hall–Kier alpha value is -3.24. The molecule has 0 aliphatic carbocycles. The third-order valence-corrected chi connectivity index (χ3v) is 7.29. The van der Waals surface area contributed by atoms with Gasteiger partial charge in [0.15, 0.2) is 5.65 Å². The Labute approximate surface area is 208 Å². The van der Waals surface area contributed by atoms with Gasteiger partial charge in [-0.15, -0.1) is 0 Å². The van der Waals surface area contributed by atoms with Gasteiger partial charge in [-0.3, -0.25) is 4.90 Å². The maximum absolute atomic E-state index is 13.5. The molecule has 3 aromatic heterocycles. The van der Waals surface area contributed by atoms with E-state index in [1.807, 2.05) is 6.20 Å². The summed E-state index contributed by atoms with van der Waals surface area (Å²) >= 11 is 0. The van der Waals surface area contributed by atoms with E-state index >= 15 is 0 Å². The molecule has 0 unspecified atom stereocenters. The molecule has 2 saturated heterocycles. The number of hydrogen-bond donors (Lipinski definition) is 0. The zero-order valence-corrected chi connectivity index (χ0v) is 20.4. The minimum Gasteiger partial charge on any atom is -0.369 e. The fraction of sp³-hybridized carbons (Fsp3) is 0.423. The van der Waals surface area contributed by atoms with Gasteiger partial charge in [0.05, 0.1) is 30.0 Å². The molecule has 5 rings (SSSR count). The van der Waals surface area contributed by atoms with Crippen molar-refractivity contribution in [3.63, 3.8) is 0 Å². The number of alkyl halides is 3. The van der Waals surface area contributed by atoms with Crippen molar-refractivity contribution in [2.45, 2.75) is 25.1 Å². The zero-order chi connectivity index (χ0) is 25.4. The fourth-order valence-electron chi connectivity index (χ4n) is 5.21. The highest BCUT2D eigenvalue weighted by atomic mass is 19.4. The van der Waals surface area contributed by atoms with Crippen molar-refractivity contribution < 1.29 is 13.2 Å². The van der Waals surface area contributed by atoms with Crippen LogP contribution in [0.15, 0.2) is 37.8 Å². The van der Waals surface area contributed by atoms with Crippen LogP contribution < -0.4 is 4.90 Å². The number of rotatable bonds is 5. The molecule has 0 aromatic carbocycles. The molecule has 2 fully saturated rings. The molecule has 0 radical (unpaired) electrons. The van der Waals surface area contributed by atoms with Crippen molar-refractivity contribution in [1.82, 2.24) is 29.4 Å². The largest absolute Gasteiger partial charge is 0.433 e. The van der Waals surface area contributed by atoms with Crippen molar-refractivity contribution in [3.8, 4) is 11.1 Å². The Morgan fingerprint density at radius 2 is 1.69 bits per heavy atom. The third-order valence-electron chi connectivity index (χ3n) is 7.29. The minimum atomic E-state index is -4.59. The van der Waals surface area contributed by atoms with E-state index in [0.717, 1.165) is 63.9 Å². The zero-order valence-electron chi connectivity index (χ0n) is 20.4. The third kappa shape index (κ3) is 4.62. The first-order valence-corrected chi connectivity index (χ1v) is 12.2. The van der Waals surface area contributed by atoms with Crippen LogP contribution in [0.1, 0.15) is 29.8 Å². The van der Waals surface area contributed by atoms with E-state index in [0.29, 0.717) is 28.4 Å². The first kappa shape index (κ1) is 24.5. The summed E-state index contributed by atoms with van der Waals surface area (Å²) in [6.07, 6.45) is 5.61. The quantitative estimate of drug-likeness (QED) is 0.524. The molecule has 5 heterocycles. The molecule has 10 heteroatoms. The average molecular weight is 498 g/mol. The molecule has 36 heavy (non-hydrogen) atoms. The average Bonchev–Trinajstić information content (AvgIpc) is 3.31. The van der Waals surface area contributed by atoms with Gasteiger partial charge in [-0.1, -0.05) is 19.2 Å². The number of halogens is 3. The molecular weight excluding hydrogens is 467 g/mol. The second-order valence-electron chi connectivity index (χ2n) is 9.46. The highest BCUT2D eigenvalue weighted by molar-refractivity contribution is 5.86. The summed E-state index contributed by atoms with van der Waals surface area (Å²) in [7, 11) is 2.17. The molecule has 0 amide bonds. The van der Waals surface area contributed by atoms with Gasteiger partial charge in [0.2, 0.25) is 0 Å². The highest BCUT2D eigenvalue weighted by Gasteiger charge is 2.34. The number of piperidine rings is 1. The fourth-order valence-corrected chi connectivity index (χ4v) is 5.21. The number of nitrogens with zero attached hydrogens (tertiary/aromatic N) is 7. The van der Waals surface area contributed by atoms with Gasteiger partial charge < -0.3 is 9.80 Å². The van der Waals surface area contributed by atoms with Gasteiger partial charge in [0.1, 0.15) is 5.69 Å². The van der Waals surface area contributed by atoms with Gasteiger partial charge in [-0.05, 0) is 37.6 Å². The van der Waals surface area contributed by atoms with Crippen LogP contribution in [0.5, 0.6) is 0 Å². The summed E-state index contributed by atoms with van der Waals surface area (Å²) in [5, 5.41) is 4.42. The van der Waals surface area contributed by atoms with Gasteiger partial charge in [0.25, 0.3) is 0 Å². The molecule has 0 spiro atoms. The lowest BCUT2D eigenvalue weighted by atomic mass is 9.99. The predicted octanol–water partition coefficient (Wildman–Crippen LogP) is 4.31. The monoisotopic (exact) mass is 497 g/mol. The van der Waals surface area contributed by atoms with E-state index in [9.17, 15) is 13.2 Å². The van der Waals surface area contributed by atoms with Crippen molar-refractivity contribution in [1.29, 1.82) is 0 Å². The van der Waals surface area contributed by atoms with Crippen LogP contribution in [0.3, 0.4) is 0 Å². The van der Waals surface area contributed by atoms with E-state index in [2.05, 4.69) is 50.0 Å². The number of fused-ring (bicyclic) bond motifs is 1. The topological polar surface area (TPSA) is 52.8 Å². The minimum absolute atomic E-state index is 0.119. The van der Waals surface area contributed by atoms with Crippen LogP contribution in [0.2, 0.25) is 0 Å². The summed E-state index contributed by atoms with van der Waals surface area (Å²) in [4.78, 5) is 15.6. The van der Waals surface area contributed by atoms with Crippen LogP contribution in [0, 0.1) is 0 Å². The van der Waals surface area contributed by atoms with E-state index in [1.54, 1.807) is 16.9 Å². The summed E-state index contributed by atoms with van der Waals surface area (Å²) in [5.74, 6) is 0. The normalized spacial score (nSPS) is 18.6. The van der Waals surface area contributed by atoms with Crippen LogP contribution in [-0.2, 0) is 6.18 Å². The number of hydrogen-bond acceptors (Lipinski definition) is 6. The standard InChI is InChI=1S/C26H30F3N7/c1-4-20-21(14-24(26(27,28)29)32-23(20)5-2)22-16-31-36-17-19(15-30-25(22)36)34-8-6-18(7-9-34)35-12-10-33(3)11-13-35/h4-5,14-18H,1-2,6-13H2,3H3. The number of pyridine rings is 1. The van der Waals surface area contributed by atoms with Crippen LogP contribution in [-0.4, -0.2) is 81.7 Å². The van der Waals surface area contributed by atoms with E-state index in [1.165, 1.54) is 12.2 Å². The lowest BCUT2D eigenvalue weighted by molar-refractivity contribution is -0.141. The van der Waals surface area contributed by atoms with Crippen molar-refractivity contribution in [2.75, 3.05) is 51.2 Å². The lowest BCUT2D eigenvalue weighted by Crippen LogP contribution is -2.52. The SMILES string of the molecule is C=Cc1nc(C(F)(F)F)cc(-c2cnn3cc(N4CCC(N5CCN(C)CC5)CC4)cnc23)c1C=C. The van der Waals surface area contributed by atoms with E-state index < -0.39 is 11.9 Å². The Bertz CT molecular complexity index is 1270. The van der Waals surface area contributed by atoms with Gasteiger partial charge in [-0.25, -0.2) is 14.5 Å². The van der Waals surface area contributed by atoms with Crippen molar-refractivity contribution >= 4 is 23.5 Å². The predicted molar refractivity (Wildman–Crippen MR) is 136 cm³/mol. The number of piperazine rings is 1. The summed E-state index contributed by atoms with van der Waals surface area (Å²) in [6.45, 7) is 13.7. The smallest absolute Gasteiger partial charge is 0.369 e. The Kier molecular flexibility index (Phi) is 6.57. The second-order valence-corrected chi connectivity index (χ2v) is 9.46. The molecule has 0 atom stereocenters. The lowest BCUT2D eigenvalue weighted by Gasteiger charge is -2.42. The van der Waals surface area contributed by atoms with Gasteiger partial charge >= 0.3 is 6.18 Å². The Balaban J connectivity index is 1.40. The second kappa shape index (κ2) is 9.67.